The van der Waals surface area contributed by atoms with Gasteiger partial charge < -0.3 is 19.3 Å². The summed E-state index contributed by atoms with van der Waals surface area (Å²) in [5.41, 5.74) is 2.43. The van der Waals surface area contributed by atoms with E-state index in [-0.39, 0.29) is 24.1 Å². The van der Waals surface area contributed by atoms with Crippen molar-refractivity contribution < 1.29 is 19.1 Å². The fraction of sp³-hybridized carbons (Fsp3) is 0.214. The Morgan fingerprint density at radius 2 is 1.61 bits per heavy atom. The van der Waals surface area contributed by atoms with E-state index in [0.29, 0.717) is 37.6 Å². The van der Waals surface area contributed by atoms with Gasteiger partial charge in [-0.25, -0.2) is 0 Å². The molecule has 5 rings (SSSR count). The van der Waals surface area contributed by atoms with Crippen molar-refractivity contribution >= 4 is 45.2 Å². The quantitative estimate of drug-likeness (QED) is 0.438. The number of anilines is 2. The molecule has 184 valence electrons. The van der Waals surface area contributed by atoms with Crippen LogP contribution in [0.2, 0.25) is 0 Å². The molecule has 0 bridgehead atoms. The van der Waals surface area contributed by atoms with Crippen molar-refractivity contribution in [2.24, 2.45) is 0 Å². The largest absolute Gasteiger partial charge is 0.495 e. The highest BCUT2D eigenvalue weighted by molar-refractivity contribution is 9.10. The number of rotatable bonds is 5. The molecule has 2 amide bonds. The van der Waals surface area contributed by atoms with E-state index < -0.39 is 0 Å². The third-order valence-electron chi connectivity index (χ3n) is 6.38. The number of fused-ring (bicyclic) bond motifs is 1. The van der Waals surface area contributed by atoms with E-state index in [2.05, 4.69) is 20.8 Å². The lowest BCUT2D eigenvalue weighted by molar-refractivity contribution is -0.131. The fourth-order valence-electron chi connectivity index (χ4n) is 4.48. The molecular weight excluding hydrogens is 522 g/mol. The van der Waals surface area contributed by atoms with Crippen LogP contribution in [0.3, 0.4) is 0 Å². The summed E-state index contributed by atoms with van der Waals surface area (Å²) in [6.45, 7) is 2.45. The maximum Gasteiger partial charge on any atom is 0.294 e. The first-order valence-corrected chi connectivity index (χ1v) is 12.5. The minimum atomic E-state index is -0.342. The Labute approximate surface area is 218 Å². The van der Waals surface area contributed by atoms with Crippen molar-refractivity contribution in [2.75, 3.05) is 49.6 Å². The first-order chi connectivity index (χ1) is 17.5. The van der Waals surface area contributed by atoms with Crippen LogP contribution in [0.5, 0.6) is 11.5 Å². The van der Waals surface area contributed by atoms with Crippen molar-refractivity contribution in [3.05, 3.63) is 88.6 Å². The van der Waals surface area contributed by atoms with Gasteiger partial charge >= 0.3 is 0 Å². The number of hydrogen-bond acceptors (Lipinski definition) is 5. The minimum Gasteiger partial charge on any atom is -0.495 e. The predicted octanol–water partition coefficient (Wildman–Crippen LogP) is 4.57. The van der Waals surface area contributed by atoms with E-state index in [1.54, 1.807) is 25.3 Å². The van der Waals surface area contributed by atoms with Crippen LogP contribution in [-0.4, -0.2) is 56.5 Å². The summed E-state index contributed by atoms with van der Waals surface area (Å²) in [7, 11) is 1.66. The Hall–Kier alpha value is -3.78. The molecule has 2 aliphatic rings. The second-order valence-electron chi connectivity index (χ2n) is 8.53. The van der Waals surface area contributed by atoms with Gasteiger partial charge in [0.05, 0.1) is 18.5 Å². The summed E-state index contributed by atoms with van der Waals surface area (Å²) in [5.74, 6) is 1.10. The smallest absolute Gasteiger partial charge is 0.294 e. The molecule has 7 nitrogen and oxygen atoms in total. The molecule has 36 heavy (non-hydrogen) atoms. The summed E-state index contributed by atoms with van der Waals surface area (Å²) in [6, 6.07) is 22.8. The molecule has 0 unspecified atom stereocenters. The molecule has 2 heterocycles. The second kappa shape index (κ2) is 10.5. The number of amides is 2. The topological polar surface area (TPSA) is 62.3 Å². The van der Waals surface area contributed by atoms with Gasteiger partial charge in [0, 0.05) is 30.7 Å². The van der Waals surface area contributed by atoms with Crippen molar-refractivity contribution in [2.45, 2.75) is 0 Å². The van der Waals surface area contributed by atoms with Crippen molar-refractivity contribution in [3.63, 3.8) is 0 Å². The molecule has 0 spiro atoms. The lowest BCUT2D eigenvalue weighted by Gasteiger charge is -2.38. The number of carbonyl (C=O) groups excluding carboxylic acids is 2. The highest BCUT2D eigenvalue weighted by Crippen LogP contribution is 2.36. The number of carbonyl (C=O) groups is 2. The molecule has 0 aliphatic carbocycles. The van der Waals surface area contributed by atoms with Gasteiger partial charge in [0.15, 0.2) is 11.5 Å². The minimum absolute atomic E-state index is 0.0544. The number of halogens is 1. The third kappa shape index (κ3) is 4.81. The Bertz CT molecular complexity index is 1320. The molecule has 0 atom stereocenters. The molecule has 2 aliphatic heterocycles. The lowest BCUT2D eigenvalue weighted by atomic mass is 10.1. The van der Waals surface area contributed by atoms with Crippen LogP contribution in [0.4, 0.5) is 11.4 Å². The van der Waals surface area contributed by atoms with Gasteiger partial charge in [0.2, 0.25) is 5.91 Å². The normalized spacial score (nSPS) is 16.6. The number of methoxy groups -OCH3 is 1. The summed E-state index contributed by atoms with van der Waals surface area (Å²) in [5, 5.41) is 0. The van der Waals surface area contributed by atoms with Crippen molar-refractivity contribution in [1.29, 1.82) is 0 Å². The molecule has 3 aromatic rings. The first kappa shape index (κ1) is 23.9. The van der Waals surface area contributed by atoms with Crippen LogP contribution in [0.25, 0.3) is 6.08 Å². The third-order valence-corrected chi connectivity index (χ3v) is 7.10. The van der Waals surface area contributed by atoms with Crippen LogP contribution in [0.1, 0.15) is 5.56 Å². The number of ether oxygens (including phenoxy) is 2. The summed E-state index contributed by atoms with van der Waals surface area (Å²) in [4.78, 5) is 32.3. The van der Waals surface area contributed by atoms with Gasteiger partial charge in [-0.15, -0.1) is 0 Å². The SMILES string of the molecule is COc1ccccc1N1CCN(C(=O)CN2C(=O)C(=Cc3ccccc3Br)Oc3ccccc32)CC1. The molecule has 0 radical (unpaired) electrons. The van der Waals surface area contributed by atoms with E-state index in [9.17, 15) is 9.59 Å². The Morgan fingerprint density at radius 3 is 2.36 bits per heavy atom. The van der Waals surface area contributed by atoms with Gasteiger partial charge in [-0.1, -0.05) is 58.4 Å². The molecule has 3 aromatic carbocycles. The number of para-hydroxylation sites is 4. The van der Waals surface area contributed by atoms with E-state index in [1.165, 1.54) is 4.90 Å². The maximum atomic E-state index is 13.5. The zero-order valence-electron chi connectivity index (χ0n) is 19.9. The zero-order chi connectivity index (χ0) is 25.1. The number of hydrogen-bond donors (Lipinski definition) is 0. The van der Waals surface area contributed by atoms with Gasteiger partial charge in [-0.2, -0.15) is 0 Å². The van der Waals surface area contributed by atoms with Crippen molar-refractivity contribution in [3.8, 4) is 11.5 Å². The molecule has 8 heteroatoms. The maximum absolute atomic E-state index is 13.5. The highest BCUT2D eigenvalue weighted by Gasteiger charge is 2.33. The summed E-state index contributed by atoms with van der Waals surface area (Å²) >= 11 is 3.52. The zero-order valence-corrected chi connectivity index (χ0v) is 21.5. The molecule has 0 saturated carbocycles. The number of piperazine rings is 1. The molecule has 1 saturated heterocycles. The van der Waals surface area contributed by atoms with E-state index in [0.717, 1.165) is 21.5 Å². The molecule has 1 fully saturated rings. The molecule has 0 N–H and O–H groups in total. The van der Waals surface area contributed by atoms with Gasteiger partial charge in [0.25, 0.3) is 5.91 Å². The average molecular weight is 548 g/mol. The van der Waals surface area contributed by atoms with Crippen LogP contribution < -0.4 is 19.3 Å². The monoisotopic (exact) mass is 547 g/mol. The fourth-order valence-corrected chi connectivity index (χ4v) is 4.87. The first-order valence-electron chi connectivity index (χ1n) is 11.8. The van der Waals surface area contributed by atoms with E-state index in [1.807, 2.05) is 65.6 Å². The number of nitrogens with zero attached hydrogens (tertiary/aromatic N) is 3. The predicted molar refractivity (Wildman–Crippen MR) is 143 cm³/mol. The average Bonchev–Trinajstić information content (AvgIpc) is 2.92. The molecule has 0 aromatic heterocycles. The Morgan fingerprint density at radius 1 is 0.944 bits per heavy atom. The standard InChI is InChI=1S/C28H26BrN3O4/c1-35-24-12-6-4-10-22(24)30-14-16-31(17-15-30)27(33)19-32-23-11-5-7-13-25(23)36-26(28(32)34)18-20-8-2-3-9-21(20)29/h2-13,18H,14-17,19H2,1H3. The van der Waals surface area contributed by atoms with E-state index in [4.69, 9.17) is 9.47 Å². The highest BCUT2D eigenvalue weighted by atomic mass is 79.9. The van der Waals surface area contributed by atoms with Gasteiger partial charge in [-0.05, 0) is 42.0 Å². The van der Waals surface area contributed by atoms with Gasteiger partial charge in [-0.3, -0.25) is 14.5 Å². The van der Waals surface area contributed by atoms with Gasteiger partial charge in [0.1, 0.15) is 12.3 Å². The van der Waals surface area contributed by atoms with Crippen LogP contribution in [0.15, 0.2) is 83.0 Å². The Kier molecular flexibility index (Phi) is 6.95. The summed E-state index contributed by atoms with van der Waals surface area (Å²) < 4.78 is 12.3. The lowest BCUT2D eigenvalue weighted by Crippen LogP contribution is -2.52. The van der Waals surface area contributed by atoms with Crippen LogP contribution in [-0.2, 0) is 9.59 Å². The molecular formula is C28H26BrN3O4. The Balaban J connectivity index is 1.32. The van der Waals surface area contributed by atoms with Crippen LogP contribution in [0, 0.1) is 0 Å². The van der Waals surface area contributed by atoms with E-state index >= 15 is 0 Å². The number of benzene rings is 3. The summed E-state index contributed by atoms with van der Waals surface area (Å²) in [6.07, 6.45) is 1.70. The van der Waals surface area contributed by atoms with Crippen LogP contribution >= 0.6 is 15.9 Å². The van der Waals surface area contributed by atoms with Crippen molar-refractivity contribution in [1.82, 2.24) is 4.90 Å². The second-order valence-corrected chi connectivity index (χ2v) is 9.39.